The summed E-state index contributed by atoms with van der Waals surface area (Å²) in [5.74, 6) is -1.13. The molecule has 0 radical (unpaired) electrons. The first-order chi connectivity index (χ1) is 9.99. The molecule has 8 nitrogen and oxygen atoms in total. The minimum absolute atomic E-state index is 0.00336. The van der Waals surface area contributed by atoms with Crippen LogP contribution >= 0.6 is 0 Å². The highest BCUT2D eigenvalue weighted by molar-refractivity contribution is 5.90. The molecule has 0 amide bonds. The Morgan fingerprint density at radius 2 is 2.24 bits per heavy atom. The van der Waals surface area contributed by atoms with Crippen molar-refractivity contribution in [3.63, 3.8) is 0 Å². The van der Waals surface area contributed by atoms with Crippen LogP contribution < -0.4 is 5.32 Å². The van der Waals surface area contributed by atoms with Crippen molar-refractivity contribution in [1.82, 2.24) is 9.78 Å². The first-order valence-corrected chi connectivity index (χ1v) is 6.21. The van der Waals surface area contributed by atoms with Gasteiger partial charge in [0.15, 0.2) is 0 Å². The van der Waals surface area contributed by atoms with Crippen molar-refractivity contribution >= 4 is 17.3 Å². The van der Waals surface area contributed by atoms with E-state index in [0.717, 1.165) is 5.69 Å². The molecule has 0 fully saturated rings. The Kier molecular flexibility index (Phi) is 4.17. The number of nitro groups is 1. The third kappa shape index (κ3) is 3.35. The Morgan fingerprint density at radius 1 is 1.48 bits per heavy atom. The predicted molar refractivity (Wildman–Crippen MR) is 75.5 cm³/mol. The van der Waals surface area contributed by atoms with Crippen molar-refractivity contribution in [3.05, 3.63) is 51.8 Å². The molecule has 2 rings (SSSR count). The minimum Gasteiger partial charge on any atom is -0.478 e. The highest BCUT2D eigenvalue weighted by atomic mass is 16.6. The summed E-state index contributed by atoms with van der Waals surface area (Å²) in [7, 11) is 1.81. The number of hydrogen-bond donors (Lipinski definition) is 2. The average molecular weight is 290 g/mol. The monoisotopic (exact) mass is 290 g/mol. The van der Waals surface area contributed by atoms with E-state index in [1.54, 1.807) is 10.9 Å². The third-order valence-corrected chi connectivity index (χ3v) is 3.06. The lowest BCUT2D eigenvalue weighted by Crippen LogP contribution is -2.10. The highest BCUT2D eigenvalue weighted by Gasteiger charge is 2.16. The molecule has 0 spiro atoms. The normalized spacial score (nSPS) is 10.3. The Hall–Kier alpha value is -2.90. The van der Waals surface area contributed by atoms with Crippen molar-refractivity contribution in [3.8, 4) is 0 Å². The van der Waals surface area contributed by atoms with Gasteiger partial charge in [-0.1, -0.05) is 0 Å². The van der Waals surface area contributed by atoms with Crippen LogP contribution in [0.1, 0.15) is 16.1 Å². The summed E-state index contributed by atoms with van der Waals surface area (Å²) in [5.41, 5.74) is 1.02. The average Bonchev–Trinajstić information content (AvgIpc) is 2.84. The van der Waals surface area contributed by atoms with Crippen LogP contribution in [0.15, 0.2) is 30.5 Å². The van der Waals surface area contributed by atoms with Crippen molar-refractivity contribution < 1.29 is 14.8 Å². The van der Waals surface area contributed by atoms with Gasteiger partial charge in [-0.2, -0.15) is 5.10 Å². The number of aromatic nitrogens is 2. The number of nitrogens with zero attached hydrogens (tertiary/aromatic N) is 3. The molecular formula is C13H14N4O4. The van der Waals surface area contributed by atoms with Gasteiger partial charge in [0, 0.05) is 38.0 Å². The number of nitrogens with one attached hydrogen (secondary N) is 1. The van der Waals surface area contributed by atoms with Crippen LogP contribution in [-0.4, -0.2) is 32.3 Å². The molecule has 0 atom stereocenters. The maximum atomic E-state index is 11.0. The number of rotatable bonds is 6. The smallest absolute Gasteiger partial charge is 0.335 e. The topological polar surface area (TPSA) is 110 Å². The van der Waals surface area contributed by atoms with Crippen LogP contribution in [0.5, 0.6) is 0 Å². The van der Waals surface area contributed by atoms with E-state index in [4.69, 9.17) is 5.11 Å². The summed E-state index contributed by atoms with van der Waals surface area (Å²) in [6.07, 6.45) is 2.29. The van der Waals surface area contributed by atoms with Crippen molar-refractivity contribution in [1.29, 1.82) is 0 Å². The summed E-state index contributed by atoms with van der Waals surface area (Å²) in [6, 6.07) is 5.52. The van der Waals surface area contributed by atoms with Gasteiger partial charge in [-0.15, -0.1) is 0 Å². The Bertz CT molecular complexity index is 681. The molecule has 8 heteroatoms. The molecule has 21 heavy (non-hydrogen) atoms. The number of anilines is 1. The molecule has 0 aliphatic carbocycles. The molecule has 0 saturated heterocycles. The van der Waals surface area contributed by atoms with Crippen LogP contribution in [0.3, 0.4) is 0 Å². The quantitative estimate of drug-likeness (QED) is 0.618. The Balaban J connectivity index is 2.13. The standard InChI is InChI=1S/C13H14N4O4/c1-16-10(5-7-15-16)4-6-14-11-8-9(13(18)19)2-3-12(11)17(20)21/h2-3,5,7-8,14H,4,6H2,1H3,(H,18,19). The predicted octanol–water partition coefficient (Wildman–Crippen LogP) is 1.68. The van der Waals surface area contributed by atoms with E-state index in [1.807, 2.05) is 13.1 Å². The van der Waals surface area contributed by atoms with E-state index < -0.39 is 10.9 Å². The van der Waals surface area contributed by atoms with Gasteiger partial charge in [0.2, 0.25) is 0 Å². The van der Waals surface area contributed by atoms with E-state index in [0.29, 0.717) is 13.0 Å². The van der Waals surface area contributed by atoms with Crippen LogP contribution in [0, 0.1) is 10.1 Å². The van der Waals surface area contributed by atoms with E-state index in [2.05, 4.69) is 10.4 Å². The van der Waals surface area contributed by atoms with Gasteiger partial charge < -0.3 is 10.4 Å². The van der Waals surface area contributed by atoms with Gasteiger partial charge in [0.25, 0.3) is 5.69 Å². The number of nitro benzene ring substituents is 1. The fourth-order valence-electron chi connectivity index (χ4n) is 1.94. The summed E-state index contributed by atoms with van der Waals surface area (Å²) in [4.78, 5) is 21.3. The minimum atomic E-state index is -1.13. The second kappa shape index (κ2) is 6.04. The van der Waals surface area contributed by atoms with Crippen molar-refractivity contribution in [2.45, 2.75) is 6.42 Å². The fourth-order valence-corrected chi connectivity index (χ4v) is 1.94. The van der Waals surface area contributed by atoms with Crippen LogP contribution in [0.4, 0.5) is 11.4 Å². The van der Waals surface area contributed by atoms with Gasteiger partial charge in [-0.05, 0) is 18.2 Å². The summed E-state index contributed by atoms with van der Waals surface area (Å²) >= 11 is 0. The molecule has 1 heterocycles. The van der Waals surface area contributed by atoms with Crippen LogP contribution in [-0.2, 0) is 13.5 Å². The van der Waals surface area contributed by atoms with Gasteiger partial charge in [0.1, 0.15) is 5.69 Å². The van der Waals surface area contributed by atoms with Gasteiger partial charge in [0.05, 0.1) is 10.5 Å². The second-order valence-corrected chi connectivity index (χ2v) is 4.42. The van der Waals surface area contributed by atoms with Gasteiger partial charge >= 0.3 is 5.97 Å². The largest absolute Gasteiger partial charge is 0.478 e. The lowest BCUT2D eigenvalue weighted by molar-refractivity contribution is -0.384. The van der Waals surface area contributed by atoms with E-state index in [-0.39, 0.29) is 16.9 Å². The molecule has 0 saturated carbocycles. The first-order valence-electron chi connectivity index (χ1n) is 6.21. The molecule has 0 bridgehead atoms. The SMILES string of the molecule is Cn1nccc1CCNc1cc(C(=O)O)ccc1[N+](=O)[O-]. The zero-order chi connectivity index (χ0) is 15.4. The summed E-state index contributed by atoms with van der Waals surface area (Å²) < 4.78 is 1.71. The number of aromatic carboxylic acids is 1. The molecule has 1 aromatic heterocycles. The number of hydrogen-bond acceptors (Lipinski definition) is 5. The zero-order valence-electron chi connectivity index (χ0n) is 11.3. The second-order valence-electron chi connectivity index (χ2n) is 4.42. The molecule has 2 N–H and O–H groups in total. The molecule has 110 valence electrons. The van der Waals surface area contributed by atoms with Gasteiger partial charge in [-0.25, -0.2) is 4.79 Å². The molecule has 0 unspecified atom stereocenters. The van der Waals surface area contributed by atoms with Crippen LogP contribution in [0.2, 0.25) is 0 Å². The third-order valence-electron chi connectivity index (χ3n) is 3.06. The lowest BCUT2D eigenvalue weighted by atomic mass is 10.1. The first kappa shape index (κ1) is 14.5. The lowest BCUT2D eigenvalue weighted by Gasteiger charge is -2.08. The number of carboxylic acids is 1. The zero-order valence-corrected chi connectivity index (χ0v) is 11.3. The maximum Gasteiger partial charge on any atom is 0.335 e. The number of carbonyl (C=O) groups is 1. The number of aryl methyl sites for hydroxylation is 1. The van der Waals surface area contributed by atoms with Crippen molar-refractivity contribution in [2.75, 3.05) is 11.9 Å². The molecule has 2 aromatic rings. The molecule has 1 aromatic carbocycles. The highest BCUT2D eigenvalue weighted by Crippen LogP contribution is 2.25. The van der Waals surface area contributed by atoms with Crippen molar-refractivity contribution in [2.24, 2.45) is 7.05 Å². The Labute approximate surface area is 120 Å². The van der Waals surface area contributed by atoms with E-state index >= 15 is 0 Å². The van der Waals surface area contributed by atoms with E-state index in [1.165, 1.54) is 18.2 Å². The summed E-state index contributed by atoms with van der Waals surface area (Å²) in [6.45, 7) is 0.434. The summed E-state index contributed by atoms with van der Waals surface area (Å²) in [5, 5.41) is 26.8. The van der Waals surface area contributed by atoms with E-state index in [9.17, 15) is 14.9 Å². The molecule has 0 aliphatic heterocycles. The van der Waals surface area contributed by atoms with Gasteiger partial charge in [-0.3, -0.25) is 14.8 Å². The molecule has 0 aliphatic rings. The fraction of sp³-hybridized carbons (Fsp3) is 0.231. The maximum absolute atomic E-state index is 11.0. The Morgan fingerprint density at radius 3 is 2.81 bits per heavy atom. The number of carboxylic acid groups (broad SMARTS) is 1. The molecular weight excluding hydrogens is 276 g/mol. The van der Waals surface area contributed by atoms with Crippen LogP contribution in [0.25, 0.3) is 0 Å². The number of benzene rings is 1.